The van der Waals surface area contributed by atoms with E-state index in [0.717, 1.165) is 32.5 Å². The van der Waals surface area contributed by atoms with E-state index in [2.05, 4.69) is 29.4 Å². The number of carbonyl (C=O) groups is 2. The third kappa shape index (κ3) is 9.53. The summed E-state index contributed by atoms with van der Waals surface area (Å²) in [7, 11) is -3.80. The van der Waals surface area contributed by atoms with Crippen LogP contribution >= 0.6 is 0 Å². The third-order valence-corrected chi connectivity index (χ3v) is 5.28. The van der Waals surface area contributed by atoms with Gasteiger partial charge in [0.15, 0.2) is 9.84 Å². The summed E-state index contributed by atoms with van der Waals surface area (Å²) < 4.78 is 23.9. The van der Waals surface area contributed by atoms with Crippen molar-refractivity contribution >= 4 is 27.3 Å². The van der Waals surface area contributed by atoms with E-state index >= 15 is 0 Å². The van der Waals surface area contributed by atoms with Gasteiger partial charge in [0, 0.05) is 12.2 Å². The van der Waals surface area contributed by atoms with E-state index in [1.807, 2.05) is 0 Å². The maximum Gasteiger partial charge on any atom is 0.239 e. The largest absolute Gasteiger partial charge is 0.355 e. The number of unbranched alkanes of at least 4 members (excludes halogenated alkanes) is 1. The van der Waals surface area contributed by atoms with Crippen molar-refractivity contribution < 1.29 is 18.0 Å². The van der Waals surface area contributed by atoms with Crippen molar-refractivity contribution in [3.05, 3.63) is 30.3 Å². The first-order chi connectivity index (χ1) is 12.4. The van der Waals surface area contributed by atoms with Crippen LogP contribution < -0.4 is 10.6 Å². The standard InChI is InChI=1S/C18H29N3O4S/c1-3-21(4-2)13-9-8-12-19-17(22)14-26(24,25)15-18(23)20-16-10-6-5-7-11-16/h5-7,10-11H,3-4,8-9,12-15H2,1-2H3,(H,19,22)(H,20,23). The van der Waals surface area contributed by atoms with Crippen LogP contribution in [0, 0.1) is 0 Å². The normalized spacial score (nSPS) is 11.3. The minimum atomic E-state index is -3.80. The zero-order chi connectivity index (χ0) is 19.4. The van der Waals surface area contributed by atoms with E-state index < -0.39 is 33.2 Å². The summed E-state index contributed by atoms with van der Waals surface area (Å²) in [5, 5.41) is 5.10. The molecule has 0 bridgehead atoms. The van der Waals surface area contributed by atoms with Gasteiger partial charge in [-0.15, -0.1) is 0 Å². The van der Waals surface area contributed by atoms with Crippen LogP contribution in [-0.4, -0.2) is 62.8 Å². The van der Waals surface area contributed by atoms with Crippen molar-refractivity contribution in [1.82, 2.24) is 10.2 Å². The average Bonchev–Trinajstić information content (AvgIpc) is 2.57. The number of rotatable bonds is 12. The van der Waals surface area contributed by atoms with Crippen molar-refractivity contribution in [3.63, 3.8) is 0 Å². The Labute approximate surface area is 156 Å². The monoisotopic (exact) mass is 383 g/mol. The number of nitrogens with one attached hydrogen (secondary N) is 2. The summed E-state index contributed by atoms with van der Waals surface area (Å²) in [4.78, 5) is 25.9. The van der Waals surface area contributed by atoms with Crippen LogP contribution in [0.2, 0.25) is 0 Å². The number of hydrogen-bond acceptors (Lipinski definition) is 5. The Morgan fingerprint density at radius 2 is 1.58 bits per heavy atom. The fourth-order valence-electron chi connectivity index (χ4n) is 2.45. The molecule has 1 aromatic rings. The van der Waals surface area contributed by atoms with Crippen molar-refractivity contribution in [2.45, 2.75) is 26.7 Å². The van der Waals surface area contributed by atoms with E-state index in [0.29, 0.717) is 12.2 Å². The summed E-state index contributed by atoms with van der Waals surface area (Å²) in [6.45, 7) is 7.58. The van der Waals surface area contributed by atoms with E-state index in [-0.39, 0.29) is 0 Å². The molecular formula is C18H29N3O4S. The topological polar surface area (TPSA) is 95.6 Å². The molecule has 0 aliphatic rings. The van der Waals surface area contributed by atoms with Gasteiger partial charge in [0.25, 0.3) is 0 Å². The molecule has 0 saturated heterocycles. The van der Waals surface area contributed by atoms with E-state index in [1.165, 1.54) is 0 Å². The molecule has 0 aliphatic carbocycles. The van der Waals surface area contributed by atoms with Crippen LogP contribution in [0.15, 0.2) is 30.3 Å². The highest BCUT2D eigenvalue weighted by atomic mass is 32.2. The van der Waals surface area contributed by atoms with Crippen molar-refractivity contribution in [2.24, 2.45) is 0 Å². The van der Waals surface area contributed by atoms with Crippen molar-refractivity contribution in [3.8, 4) is 0 Å². The van der Waals surface area contributed by atoms with Crippen LogP contribution in [0.4, 0.5) is 5.69 Å². The summed E-state index contributed by atoms with van der Waals surface area (Å²) in [6, 6.07) is 8.58. The second-order valence-corrected chi connectivity index (χ2v) is 8.09. The maximum atomic E-state index is 12.0. The van der Waals surface area contributed by atoms with E-state index in [9.17, 15) is 18.0 Å². The van der Waals surface area contributed by atoms with Gasteiger partial charge in [-0.2, -0.15) is 0 Å². The first-order valence-electron chi connectivity index (χ1n) is 8.90. The number of anilines is 1. The molecule has 0 aliphatic heterocycles. The molecule has 2 N–H and O–H groups in total. The molecule has 0 radical (unpaired) electrons. The Hall–Kier alpha value is -1.93. The Kier molecular flexibility index (Phi) is 9.90. The number of para-hydroxylation sites is 1. The average molecular weight is 384 g/mol. The van der Waals surface area contributed by atoms with Gasteiger partial charge in [0.2, 0.25) is 11.8 Å². The molecule has 1 aromatic carbocycles. The molecule has 0 unspecified atom stereocenters. The smallest absolute Gasteiger partial charge is 0.239 e. The Bertz CT molecular complexity index is 658. The lowest BCUT2D eigenvalue weighted by atomic mass is 10.3. The first-order valence-corrected chi connectivity index (χ1v) is 10.7. The highest BCUT2D eigenvalue weighted by Crippen LogP contribution is 2.05. The predicted molar refractivity (Wildman–Crippen MR) is 104 cm³/mol. The van der Waals surface area contributed by atoms with Gasteiger partial charge < -0.3 is 15.5 Å². The highest BCUT2D eigenvalue weighted by Gasteiger charge is 2.20. The fourth-order valence-corrected chi connectivity index (χ4v) is 3.52. The summed E-state index contributed by atoms with van der Waals surface area (Å²) in [5.74, 6) is -2.61. The summed E-state index contributed by atoms with van der Waals surface area (Å²) in [5.41, 5.74) is 0.519. The zero-order valence-electron chi connectivity index (χ0n) is 15.5. The SMILES string of the molecule is CCN(CC)CCCCNC(=O)CS(=O)(=O)CC(=O)Nc1ccccc1. The molecule has 1 rings (SSSR count). The molecule has 26 heavy (non-hydrogen) atoms. The molecule has 0 fully saturated rings. The number of nitrogens with zero attached hydrogens (tertiary/aromatic N) is 1. The van der Waals surface area contributed by atoms with Gasteiger partial charge in [0.1, 0.15) is 11.5 Å². The number of benzene rings is 1. The number of hydrogen-bond donors (Lipinski definition) is 2. The molecule has 0 saturated carbocycles. The van der Waals surface area contributed by atoms with Gasteiger partial charge in [-0.3, -0.25) is 9.59 Å². The van der Waals surface area contributed by atoms with Crippen molar-refractivity contribution in [1.29, 1.82) is 0 Å². The van der Waals surface area contributed by atoms with Crippen LogP contribution in [0.1, 0.15) is 26.7 Å². The second kappa shape index (κ2) is 11.6. The number of amides is 2. The quantitative estimate of drug-likeness (QED) is 0.530. The Morgan fingerprint density at radius 1 is 0.962 bits per heavy atom. The van der Waals surface area contributed by atoms with Crippen LogP contribution in [0.25, 0.3) is 0 Å². The highest BCUT2D eigenvalue weighted by molar-refractivity contribution is 7.92. The van der Waals surface area contributed by atoms with Gasteiger partial charge in [0.05, 0.1) is 0 Å². The van der Waals surface area contributed by atoms with E-state index in [1.54, 1.807) is 30.3 Å². The fraction of sp³-hybridized carbons (Fsp3) is 0.556. The van der Waals surface area contributed by atoms with Crippen LogP contribution in [0.3, 0.4) is 0 Å². The lowest BCUT2D eigenvalue weighted by molar-refractivity contribution is -0.118. The van der Waals surface area contributed by atoms with Gasteiger partial charge >= 0.3 is 0 Å². The molecule has 7 nitrogen and oxygen atoms in total. The van der Waals surface area contributed by atoms with E-state index in [4.69, 9.17) is 0 Å². The Balaban J connectivity index is 2.28. The molecule has 0 spiro atoms. The third-order valence-electron chi connectivity index (χ3n) is 3.88. The first kappa shape index (κ1) is 22.1. The van der Waals surface area contributed by atoms with Crippen LogP contribution in [-0.2, 0) is 19.4 Å². The zero-order valence-corrected chi connectivity index (χ0v) is 16.3. The Morgan fingerprint density at radius 3 is 2.19 bits per heavy atom. The maximum absolute atomic E-state index is 12.0. The number of sulfone groups is 1. The lowest BCUT2D eigenvalue weighted by Crippen LogP contribution is -2.34. The predicted octanol–water partition coefficient (Wildman–Crippen LogP) is 1.28. The van der Waals surface area contributed by atoms with Gasteiger partial charge in [-0.05, 0) is 44.6 Å². The molecule has 0 heterocycles. The minimum absolute atomic E-state index is 0.436. The molecule has 2 amide bonds. The van der Waals surface area contributed by atoms with Crippen molar-refractivity contribution in [2.75, 3.05) is 43.0 Å². The minimum Gasteiger partial charge on any atom is -0.355 e. The molecule has 0 atom stereocenters. The summed E-state index contributed by atoms with van der Waals surface area (Å²) in [6.07, 6.45) is 1.73. The molecule has 8 heteroatoms. The van der Waals surface area contributed by atoms with Crippen LogP contribution in [0.5, 0.6) is 0 Å². The second-order valence-electron chi connectivity index (χ2n) is 6.03. The molecule has 0 aromatic heterocycles. The summed E-state index contributed by atoms with van der Waals surface area (Å²) >= 11 is 0. The van der Waals surface area contributed by atoms with Gasteiger partial charge in [-0.1, -0.05) is 32.0 Å². The van der Waals surface area contributed by atoms with Gasteiger partial charge in [-0.25, -0.2) is 8.42 Å². The molecular weight excluding hydrogens is 354 g/mol. The number of carbonyl (C=O) groups excluding carboxylic acids is 2. The molecule has 146 valence electrons. The lowest BCUT2D eigenvalue weighted by Gasteiger charge is -2.17.